The molecule has 112 valence electrons. The third-order valence-electron chi connectivity index (χ3n) is 3.44. The van der Waals surface area contributed by atoms with Gasteiger partial charge >= 0.3 is 0 Å². The van der Waals surface area contributed by atoms with Gasteiger partial charge in [-0.25, -0.2) is 0 Å². The van der Waals surface area contributed by atoms with E-state index in [2.05, 4.69) is 36.5 Å². The molecule has 21 heavy (non-hydrogen) atoms. The Morgan fingerprint density at radius 3 is 2.67 bits per heavy atom. The van der Waals surface area contributed by atoms with Gasteiger partial charge in [-0.15, -0.1) is 0 Å². The van der Waals surface area contributed by atoms with E-state index < -0.39 is 0 Å². The average molecular weight is 284 g/mol. The molecule has 3 nitrogen and oxygen atoms in total. The van der Waals surface area contributed by atoms with Crippen LogP contribution in [0, 0.1) is 6.92 Å². The molecule has 0 bridgehead atoms. The SMILES string of the molecule is CNCCCc1ccc(OCc2cccc(C)c2)c(N)c1. The highest BCUT2D eigenvalue weighted by atomic mass is 16.5. The summed E-state index contributed by atoms with van der Waals surface area (Å²) in [7, 11) is 1.97. The number of benzene rings is 2. The highest BCUT2D eigenvalue weighted by Gasteiger charge is 2.03. The molecule has 0 fully saturated rings. The summed E-state index contributed by atoms with van der Waals surface area (Å²) >= 11 is 0. The van der Waals surface area contributed by atoms with Crippen molar-refractivity contribution in [2.75, 3.05) is 19.3 Å². The maximum absolute atomic E-state index is 6.08. The van der Waals surface area contributed by atoms with Gasteiger partial charge in [0.1, 0.15) is 12.4 Å². The summed E-state index contributed by atoms with van der Waals surface area (Å²) in [6.07, 6.45) is 2.14. The molecule has 0 spiro atoms. The first-order valence-electron chi connectivity index (χ1n) is 7.40. The first-order valence-corrected chi connectivity index (χ1v) is 7.40. The van der Waals surface area contributed by atoms with Crippen molar-refractivity contribution in [3.63, 3.8) is 0 Å². The molecule has 0 saturated heterocycles. The number of rotatable bonds is 7. The molecule has 0 radical (unpaired) electrons. The zero-order valence-electron chi connectivity index (χ0n) is 12.9. The maximum atomic E-state index is 6.08. The van der Waals surface area contributed by atoms with Gasteiger partial charge in [-0.05, 0) is 56.6 Å². The van der Waals surface area contributed by atoms with Gasteiger partial charge in [0.15, 0.2) is 0 Å². The van der Waals surface area contributed by atoms with Crippen LogP contribution in [-0.4, -0.2) is 13.6 Å². The number of ether oxygens (including phenoxy) is 1. The van der Waals surface area contributed by atoms with E-state index in [-0.39, 0.29) is 0 Å². The van der Waals surface area contributed by atoms with Crippen molar-refractivity contribution in [2.24, 2.45) is 0 Å². The third kappa shape index (κ3) is 4.80. The van der Waals surface area contributed by atoms with Gasteiger partial charge in [-0.1, -0.05) is 35.9 Å². The van der Waals surface area contributed by atoms with Gasteiger partial charge in [-0.3, -0.25) is 0 Å². The van der Waals surface area contributed by atoms with Crippen molar-refractivity contribution in [1.29, 1.82) is 0 Å². The lowest BCUT2D eigenvalue weighted by Crippen LogP contribution is -2.08. The summed E-state index contributed by atoms with van der Waals surface area (Å²) in [5.41, 5.74) is 10.4. The predicted octanol–water partition coefficient (Wildman–Crippen LogP) is 3.31. The number of aryl methyl sites for hydroxylation is 2. The van der Waals surface area contributed by atoms with E-state index in [1.807, 2.05) is 25.2 Å². The van der Waals surface area contributed by atoms with E-state index in [1.54, 1.807) is 0 Å². The lowest BCUT2D eigenvalue weighted by atomic mass is 10.1. The van der Waals surface area contributed by atoms with Gasteiger partial charge in [0.05, 0.1) is 5.69 Å². The van der Waals surface area contributed by atoms with Crippen LogP contribution < -0.4 is 15.8 Å². The standard InChI is InChI=1S/C18H24N2O/c1-14-5-3-6-16(11-14)13-21-18-9-8-15(12-17(18)19)7-4-10-20-2/h3,5-6,8-9,11-12,20H,4,7,10,13,19H2,1-2H3. The zero-order valence-corrected chi connectivity index (χ0v) is 12.9. The molecule has 0 unspecified atom stereocenters. The summed E-state index contributed by atoms with van der Waals surface area (Å²) < 4.78 is 5.82. The molecule has 0 amide bonds. The maximum Gasteiger partial charge on any atom is 0.142 e. The summed E-state index contributed by atoms with van der Waals surface area (Å²) in [5, 5.41) is 3.15. The van der Waals surface area contributed by atoms with Crippen molar-refractivity contribution < 1.29 is 4.74 Å². The fourth-order valence-corrected chi connectivity index (χ4v) is 2.32. The Hall–Kier alpha value is -2.00. The van der Waals surface area contributed by atoms with Gasteiger partial charge in [0.2, 0.25) is 0 Å². The van der Waals surface area contributed by atoms with Crippen molar-refractivity contribution in [3.05, 3.63) is 59.2 Å². The molecule has 0 heterocycles. The third-order valence-corrected chi connectivity index (χ3v) is 3.44. The highest BCUT2D eigenvalue weighted by Crippen LogP contribution is 2.24. The molecular weight excluding hydrogens is 260 g/mol. The van der Waals surface area contributed by atoms with Gasteiger partial charge in [0, 0.05) is 0 Å². The van der Waals surface area contributed by atoms with E-state index in [4.69, 9.17) is 10.5 Å². The molecule has 0 atom stereocenters. The zero-order chi connectivity index (χ0) is 15.1. The van der Waals surface area contributed by atoms with Crippen LogP contribution in [0.2, 0.25) is 0 Å². The van der Waals surface area contributed by atoms with E-state index in [0.29, 0.717) is 12.3 Å². The van der Waals surface area contributed by atoms with Crippen molar-refractivity contribution in [1.82, 2.24) is 5.32 Å². The minimum atomic E-state index is 0.547. The van der Waals surface area contributed by atoms with Crippen molar-refractivity contribution >= 4 is 5.69 Å². The van der Waals surface area contributed by atoms with Crippen molar-refractivity contribution in [2.45, 2.75) is 26.4 Å². The summed E-state index contributed by atoms with van der Waals surface area (Å²) in [6, 6.07) is 14.4. The lowest BCUT2D eigenvalue weighted by Gasteiger charge is -2.11. The van der Waals surface area contributed by atoms with Crippen LogP contribution in [0.15, 0.2) is 42.5 Å². The van der Waals surface area contributed by atoms with E-state index in [9.17, 15) is 0 Å². The first kappa shape index (κ1) is 15.4. The van der Waals surface area contributed by atoms with Crippen LogP contribution in [0.4, 0.5) is 5.69 Å². The molecular formula is C18H24N2O. The number of hydrogen-bond donors (Lipinski definition) is 2. The predicted molar refractivity (Wildman–Crippen MR) is 88.6 cm³/mol. The smallest absolute Gasteiger partial charge is 0.142 e. The second-order valence-corrected chi connectivity index (χ2v) is 5.36. The van der Waals surface area contributed by atoms with Gasteiger partial charge in [0.25, 0.3) is 0 Å². The summed E-state index contributed by atoms with van der Waals surface area (Å²) in [6.45, 7) is 3.65. The molecule has 2 aromatic carbocycles. The topological polar surface area (TPSA) is 47.3 Å². The molecule has 0 aliphatic heterocycles. The normalized spacial score (nSPS) is 10.6. The number of nitrogens with one attached hydrogen (secondary N) is 1. The monoisotopic (exact) mass is 284 g/mol. The summed E-state index contributed by atoms with van der Waals surface area (Å²) in [4.78, 5) is 0. The number of anilines is 1. The second-order valence-electron chi connectivity index (χ2n) is 5.36. The molecule has 2 rings (SSSR count). The van der Waals surface area contributed by atoms with Crippen LogP contribution >= 0.6 is 0 Å². The van der Waals surface area contributed by atoms with Crippen molar-refractivity contribution in [3.8, 4) is 5.75 Å². The number of nitrogen functional groups attached to an aromatic ring is 1. The average Bonchev–Trinajstić information content (AvgIpc) is 2.47. The molecule has 0 aliphatic rings. The van der Waals surface area contributed by atoms with E-state index in [0.717, 1.165) is 30.7 Å². The van der Waals surface area contributed by atoms with E-state index in [1.165, 1.54) is 11.1 Å². The van der Waals surface area contributed by atoms with Crippen LogP contribution in [0.3, 0.4) is 0 Å². The minimum absolute atomic E-state index is 0.547. The van der Waals surface area contributed by atoms with Crippen LogP contribution in [0.1, 0.15) is 23.1 Å². The Balaban J connectivity index is 1.94. The molecule has 0 saturated carbocycles. The molecule has 2 aromatic rings. The number of nitrogens with two attached hydrogens (primary N) is 1. The van der Waals surface area contributed by atoms with Crippen LogP contribution in [0.25, 0.3) is 0 Å². The Morgan fingerprint density at radius 2 is 1.95 bits per heavy atom. The molecule has 3 heteroatoms. The second kappa shape index (κ2) is 7.70. The largest absolute Gasteiger partial charge is 0.487 e. The van der Waals surface area contributed by atoms with E-state index >= 15 is 0 Å². The Bertz CT molecular complexity index is 581. The minimum Gasteiger partial charge on any atom is -0.487 e. The van der Waals surface area contributed by atoms with Crippen LogP contribution in [-0.2, 0) is 13.0 Å². The molecule has 0 aromatic heterocycles. The first-order chi connectivity index (χ1) is 10.2. The Morgan fingerprint density at radius 1 is 1.10 bits per heavy atom. The molecule has 3 N–H and O–H groups in total. The fraction of sp³-hybridized carbons (Fsp3) is 0.333. The van der Waals surface area contributed by atoms with Gasteiger partial charge < -0.3 is 15.8 Å². The summed E-state index contributed by atoms with van der Waals surface area (Å²) in [5.74, 6) is 0.758. The lowest BCUT2D eigenvalue weighted by molar-refractivity contribution is 0.308. The van der Waals surface area contributed by atoms with Crippen LogP contribution in [0.5, 0.6) is 5.75 Å². The molecule has 0 aliphatic carbocycles. The van der Waals surface area contributed by atoms with Gasteiger partial charge in [-0.2, -0.15) is 0 Å². The highest BCUT2D eigenvalue weighted by molar-refractivity contribution is 5.54. The quantitative estimate of drug-likeness (QED) is 0.606. The Kier molecular flexibility index (Phi) is 5.64. The fourth-order valence-electron chi connectivity index (χ4n) is 2.32. The number of hydrogen-bond acceptors (Lipinski definition) is 3. The Labute approximate surface area is 127 Å².